The van der Waals surface area contributed by atoms with Crippen LogP contribution in [0.1, 0.15) is 55.6 Å². The molecule has 2 heterocycles. The van der Waals surface area contributed by atoms with Gasteiger partial charge in [-0.3, -0.25) is 0 Å². The van der Waals surface area contributed by atoms with Gasteiger partial charge in [-0.25, -0.2) is 14.6 Å². The van der Waals surface area contributed by atoms with Gasteiger partial charge in [-0.15, -0.1) is 0 Å². The molecule has 0 aliphatic rings. The fourth-order valence-electron chi connectivity index (χ4n) is 2.40. The Kier molecular flexibility index (Phi) is 4.60. The summed E-state index contributed by atoms with van der Waals surface area (Å²) < 4.78 is 1.94. The maximum atomic E-state index is 4.64. The number of nitrogens with one attached hydrogen (secondary N) is 1. The van der Waals surface area contributed by atoms with Crippen LogP contribution in [0.2, 0.25) is 0 Å². The molecule has 2 rings (SSSR count). The lowest BCUT2D eigenvalue weighted by molar-refractivity contribution is 0.752. The largest absolute Gasteiger partial charge is 0.370 e. The Balaban J connectivity index is 2.59. The molecule has 0 bridgehead atoms. The number of hydrogen-bond donors (Lipinski definition) is 1. The van der Waals surface area contributed by atoms with Crippen molar-refractivity contribution < 1.29 is 0 Å². The third-order valence-electron chi connectivity index (χ3n) is 3.84. The van der Waals surface area contributed by atoms with Gasteiger partial charge in [-0.2, -0.15) is 5.10 Å². The lowest BCUT2D eigenvalue weighted by Gasteiger charge is -2.17. The average Bonchev–Trinajstić information content (AvgIpc) is 2.72. The third kappa shape index (κ3) is 2.91. The fraction of sp³-hybridized carbons (Fsp3) is 0.562. The van der Waals surface area contributed by atoms with Crippen LogP contribution in [-0.2, 0) is 0 Å². The molecule has 1 N–H and O–H groups in total. The van der Waals surface area contributed by atoms with Crippen molar-refractivity contribution in [3.05, 3.63) is 28.8 Å². The SMILES string of the molecule is CCCNc1ncnc(-n2nc(C)c(C)c2C)c1C(C)C. The molecule has 0 radical (unpaired) electrons. The molecular weight excluding hydrogens is 262 g/mol. The van der Waals surface area contributed by atoms with Crippen LogP contribution in [-0.4, -0.2) is 26.3 Å². The zero-order chi connectivity index (χ0) is 15.6. The predicted molar refractivity (Wildman–Crippen MR) is 86.2 cm³/mol. The molecule has 0 spiro atoms. The van der Waals surface area contributed by atoms with E-state index in [-0.39, 0.29) is 0 Å². The van der Waals surface area contributed by atoms with Crippen LogP contribution >= 0.6 is 0 Å². The molecule has 0 atom stereocenters. The van der Waals surface area contributed by atoms with Crippen LogP contribution in [0.5, 0.6) is 0 Å². The molecule has 0 aliphatic carbocycles. The van der Waals surface area contributed by atoms with Crippen molar-refractivity contribution in [1.29, 1.82) is 0 Å². The number of rotatable bonds is 5. The van der Waals surface area contributed by atoms with E-state index < -0.39 is 0 Å². The summed E-state index contributed by atoms with van der Waals surface area (Å²) in [6, 6.07) is 0. The number of hydrogen-bond acceptors (Lipinski definition) is 4. The van der Waals surface area contributed by atoms with Crippen molar-refractivity contribution in [2.24, 2.45) is 0 Å². The van der Waals surface area contributed by atoms with Gasteiger partial charge in [0.05, 0.1) is 5.69 Å². The van der Waals surface area contributed by atoms with Gasteiger partial charge < -0.3 is 5.32 Å². The lowest BCUT2D eigenvalue weighted by Crippen LogP contribution is -2.13. The van der Waals surface area contributed by atoms with Gasteiger partial charge in [0.15, 0.2) is 5.82 Å². The first-order chi connectivity index (χ1) is 9.97. The summed E-state index contributed by atoms with van der Waals surface area (Å²) in [6.45, 7) is 13.6. The number of nitrogens with zero attached hydrogens (tertiary/aromatic N) is 4. The lowest BCUT2D eigenvalue weighted by atomic mass is 10.0. The number of aryl methyl sites for hydroxylation is 1. The molecule has 5 nitrogen and oxygen atoms in total. The molecular formula is C16H25N5. The zero-order valence-corrected chi connectivity index (χ0v) is 13.9. The second-order valence-electron chi connectivity index (χ2n) is 5.75. The molecule has 21 heavy (non-hydrogen) atoms. The Morgan fingerprint density at radius 3 is 2.43 bits per heavy atom. The van der Waals surface area contributed by atoms with Crippen LogP contribution < -0.4 is 5.32 Å². The minimum atomic E-state index is 0.324. The first-order valence-electron chi connectivity index (χ1n) is 7.59. The van der Waals surface area contributed by atoms with Crippen LogP contribution in [0.25, 0.3) is 5.82 Å². The topological polar surface area (TPSA) is 55.6 Å². The van der Waals surface area contributed by atoms with E-state index in [4.69, 9.17) is 0 Å². The van der Waals surface area contributed by atoms with Crippen molar-refractivity contribution in [3.63, 3.8) is 0 Å². The highest BCUT2D eigenvalue weighted by molar-refractivity contribution is 5.54. The van der Waals surface area contributed by atoms with E-state index in [0.717, 1.165) is 41.6 Å². The van der Waals surface area contributed by atoms with E-state index in [9.17, 15) is 0 Å². The fourth-order valence-corrected chi connectivity index (χ4v) is 2.40. The minimum Gasteiger partial charge on any atom is -0.370 e. The molecule has 5 heteroatoms. The molecule has 114 valence electrons. The van der Waals surface area contributed by atoms with Crippen LogP contribution in [0, 0.1) is 20.8 Å². The van der Waals surface area contributed by atoms with E-state index in [2.05, 4.69) is 55.0 Å². The molecule has 0 saturated carbocycles. The smallest absolute Gasteiger partial charge is 0.162 e. The molecule has 2 aromatic heterocycles. The summed E-state index contributed by atoms with van der Waals surface area (Å²) in [5.41, 5.74) is 4.52. The quantitative estimate of drug-likeness (QED) is 0.914. The standard InChI is InChI=1S/C16H25N5/c1-7-8-17-15-14(10(2)3)16(19-9-18-15)21-13(6)11(4)12(5)20-21/h9-10H,7-8H2,1-6H3,(H,17,18,19). The Morgan fingerprint density at radius 1 is 1.19 bits per heavy atom. The first kappa shape index (κ1) is 15.5. The van der Waals surface area contributed by atoms with E-state index in [1.54, 1.807) is 6.33 Å². The Morgan fingerprint density at radius 2 is 1.90 bits per heavy atom. The minimum absolute atomic E-state index is 0.324. The van der Waals surface area contributed by atoms with E-state index in [1.165, 1.54) is 5.56 Å². The van der Waals surface area contributed by atoms with E-state index in [0.29, 0.717) is 5.92 Å². The molecule has 0 aromatic carbocycles. The molecule has 0 saturated heterocycles. The number of aromatic nitrogens is 4. The van der Waals surface area contributed by atoms with Gasteiger partial charge >= 0.3 is 0 Å². The Bertz CT molecular complexity index is 628. The van der Waals surface area contributed by atoms with Gasteiger partial charge in [0.2, 0.25) is 0 Å². The van der Waals surface area contributed by atoms with Crippen molar-refractivity contribution in [3.8, 4) is 5.82 Å². The predicted octanol–water partition coefficient (Wildman–Crippen LogP) is 3.53. The molecule has 0 aliphatic heterocycles. The third-order valence-corrected chi connectivity index (χ3v) is 3.84. The Hall–Kier alpha value is -1.91. The maximum Gasteiger partial charge on any atom is 0.162 e. The van der Waals surface area contributed by atoms with Crippen molar-refractivity contribution in [2.75, 3.05) is 11.9 Å². The van der Waals surface area contributed by atoms with E-state index in [1.807, 2.05) is 11.6 Å². The summed E-state index contributed by atoms with van der Waals surface area (Å²) in [5, 5.41) is 8.05. The summed E-state index contributed by atoms with van der Waals surface area (Å²) in [4.78, 5) is 8.92. The number of anilines is 1. The maximum absolute atomic E-state index is 4.64. The van der Waals surface area contributed by atoms with Gasteiger partial charge in [-0.1, -0.05) is 20.8 Å². The van der Waals surface area contributed by atoms with Gasteiger partial charge in [0.1, 0.15) is 12.1 Å². The second-order valence-corrected chi connectivity index (χ2v) is 5.75. The summed E-state index contributed by atoms with van der Waals surface area (Å²) >= 11 is 0. The summed E-state index contributed by atoms with van der Waals surface area (Å²) in [5.74, 6) is 2.12. The van der Waals surface area contributed by atoms with Gasteiger partial charge in [0.25, 0.3) is 0 Å². The monoisotopic (exact) mass is 287 g/mol. The highest BCUT2D eigenvalue weighted by Gasteiger charge is 2.19. The van der Waals surface area contributed by atoms with Gasteiger partial charge in [-0.05, 0) is 38.7 Å². The van der Waals surface area contributed by atoms with Crippen molar-refractivity contribution >= 4 is 5.82 Å². The van der Waals surface area contributed by atoms with E-state index >= 15 is 0 Å². The van der Waals surface area contributed by atoms with Crippen LogP contribution in [0.3, 0.4) is 0 Å². The first-order valence-corrected chi connectivity index (χ1v) is 7.59. The van der Waals surface area contributed by atoms with Gasteiger partial charge in [0, 0.05) is 17.8 Å². The normalized spacial score (nSPS) is 11.2. The molecule has 0 unspecified atom stereocenters. The molecule has 0 amide bonds. The van der Waals surface area contributed by atoms with Crippen molar-refractivity contribution in [2.45, 2.75) is 53.9 Å². The van der Waals surface area contributed by atoms with Crippen molar-refractivity contribution in [1.82, 2.24) is 19.7 Å². The summed E-state index contributed by atoms with van der Waals surface area (Å²) in [6.07, 6.45) is 2.68. The van der Waals surface area contributed by atoms with Crippen LogP contribution in [0.15, 0.2) is 6.33 Å². The Labute approximate surface area is 126 Å². The second kappa shape index (κ2) is 6.24. The average molecular weight is 287 g/mol. The highest BCUT2D eigenvalue weighted by Crippen LogP contribution is 2.28. The summed E-state index contributed by atoms with van der Waals surface area (Å²) in [7, 11) is 0. The highest BCUT2D eigenvalue weighted by atomic mass is 15.3. The van der Waals surface area contributed by atoms with Crippen LogP contribution in [0.4, 0.5) is 5.82 Å². The molecule has 2 aromatic rings. The zero-order valence-electron chi connectivity index (χ0n) is 13.9. The molecule has 0 fully saturated rings.